The van der Waals surface area contributed by atoms with Crippen LogP contribution in [0.1, 0.15) is 51.0 Å². The van der Waals surface area contributed by atoms with Crippen molar-refractivity contribution in [3.63, 3.8) is 0 Å². The van der Waals surface area contributed by atoms with Crippen LogP contribution in [0.25, 0.3) is 11.4 Å². The first kappa shape index (κ1) is 16.5. The lowest BCUT2D eigenvalue weighted by Gasteiger charge is -2.19. The standard InChI is InChI=1S/C21H24N6/c1-13(15-5-6-15)23-19-24-18(16-4-2-3-14(11-16)12-22)25-20(26-19)27-21(9-10-21)17-7-8-17/h2-4,11,13,15,17H,5-10H2,1H3,(H2,23,24,25,26,27)/t13-/m1/s1. The van der Waals surface area contributed by atoms with Gasteiger partial charge in [-0.15, -0.1) is 0 Å². The number of anilines is 2. The molecule has 0 unspecified atom stereocenters. The smallest absolute Gasteiger partial charge is 0.228 e. The number of benzene rings is 1. The Morgan fingerprint density at radius 3 is 2.56 bits per heavy atom. The second-order valence-corrected chi connectivity index (χ2v) is 8.32. The molecule has 27 heavy (non-hydrogen) atoms. The molecule has 2 N–H and O–H groups in total. The number of nitrogens with zero attached hydrogens (tertiary/aromatic N) is 4. The molecule has 1 aromatic carbocycles. The zero-order valence-corrected chi connectivity index (χ0v) is 15.6. The Kier molecular flexibility index (Phi) is 3.78. The van der Waals surface area contributed by atoms with Crippen LogP contribution in [0.2, 0.25) is 0 Å². The van der Waals surface area contributed by atoms with Gasteiger partial charge >= 0.3 is 0 Å². The quantitative estimate of drug-likeness (QED) is 0.777. The van der Waals surface area contributed by atoms with E-state index >= 15 is 0 Å². The van der Waals surface area contributed by atoms with Crippen LogP contribution < -0.4 is 10.6 Å². The Labute approximate surface area is 159 Å². The maximum Gasteiger partial charge on any atom is 0.228 e. The monoisotopic (exact) mass is 360 g/mol. The lowest BCUT2D eigenvalue weighted by atomic mass is 10.1. The van der Waals surface area contributed by atoms with E-state index in [1.54, 1.807) is 6.07 Å². The molecule has 3 aliphatic rings. The number of rotatable bonds is 7. The largest absolute Gasteiger partial charge is 0.351 e. The summed E-state index contributed by atoms with van der Waals surface area (Å²) in [6, 6.07) is 10.00. The highest BCUT2D eigenvalue weighted by Gasteiger charge is 2.54. The predicted octanol–water partition coefficient (Wildman–Crippen LogP) is 3.98. The Morgan fingerprint density at radius 2 is 1.89 bits per heavy atom. The third-order valence-corrected chi connectivity index (χ3v) is 6.08. The Morgan fingerprint density at radius 1 is 1.11 bits per heavy atom. The van der Waals surface area contributed by atoms with Gasteiger partial charge in [0, 0.05) is 17.1 Å². The van der Waals surface area contributed by atoms with Gasteiger partial charge in [-0.25, -0.2) is 0 Å². The van der Waals surface area contributed by atoms with Gasteiger partial charge in [0.05, 0.1) is 11.6 Å². The molecule has 1 heterocycles. The van der Waals surface area contributed by atoms with Gasteiger partial charge in [0.15, 0.2) is 5.82 Å². The molecule has 1 aromatic heterocycles. The summed E-state index contributed by atoms with van der Waals surface area (Å²) < 4.78 is 0. The van der Waals surface area contributed by atoms with Gasteiger partial charge in [0.1, 0.15) is 0 Å². The Hall–Kier alpha value is -2.68. The van der Waals surface area contributed by atoms with Gasteiger partial charge in [0.25, 0.3) is 0 Å². The zero-order chi connectivity index (χ0) is 18.4. The van der Waals surface area contributed by atoms with Gasteiger partial charge in [-0.2, -0.15) is 20.2 Å². The first-order chi connectivity index (χ1) is 13.1. The van der Waals surface area contributed by atoms with Gasteiger partial charge in [-0.05, 0) is 69.4 Å². The minimum Gasteiger partial charge on any atom is -0.351 e. The van der Waals surface area contributed by atoms with Crippen molar-refractivity contribution in [2.45, 2.75) is 57.0 Å². The Balaban J connectivity index is 1.48. The topological polar surface area (TPSA) is 86.5 Å². The fourth-order valence-electron chi connectivity index (χ4n) is 3.90. The molecule has 0 spiro atoms. The highest BCUT2D eigenvalue weighted by molar-refractivity contribution is 5.60. The summed E-state index contributed by atoms with van der Waals surface area (Å²) in [6.45, 7) is 2.19. The van der Waals surface area contributed by atoms with Crippen LogP contribution >= 0.6 is 0 Å². The molecule has 0 aliphatic heterocycles. The molecular formula is C21H24N6. The van der Waals surface area contributed by atoms with Crippen LogP contribution in [-0.2, 0) is 0 Å². The molecule has 2 aromatic rings. The van der Waals surface area contributed by atoms with Crippen LogP contribution in [-0.4, -0.2) is 26.5 Å². The summed E-state index contributed by atoms with van der Waals surface area (Å²) >= 11 is 0. The van der Waals surface area contributed by atoms with E-state index in [4.69, 9.17) is 4.98 Å². The molecule has 3 saturated carbocycles. The second-order valence-electron chi connectivity index (χ2n) is 8.32. The molecule has 1 atom stereocenters. The van der Waals surface area contributed by atoms with E-state index in [1.165, 1.54) is 38.5 Å². The van der Waals surface area contributed by atoms with Crippen LogP contribution in [0.15, 0.2) is 24.3 Å². The fourth-order valence-corrected chi connectivity index (χ4v) is 3.90. The SMILES string of the molecule is C[C@@H](Nc1nc(NC2(C3CC3)CC2)nc(-c2cccc(C#N)c2)n1)C1CC1. The van der Waals surface area contributed by atoms with Crippen molar-refractivity contribution in [1.29, 1.82) is 5.26 Å². The fraction of sp³-hybridized carbons (Fsp3) is 0.524. The zero-order valence-electron chi connectivity index (χ0n) is 15.6. The van der Waals surface area contributed by atoms with Crippen LogP contribution in [0.5, 0.6) is 0 Å². The van der Waals surface area contributed by atoms with Crippen molar-refractivity contribution < 1.29 is 0 Å². The summed E-state index contributed by atoms with van der Waals surface area (Å²) in [5, 5.41) is 16.3. The average molecular weight is 360 g/mol. The highest BCUT2D eigenvalue weighted by Crippen LogP contribution is 2.55. The third kappa shape index (κ3) is 3.46. The summed E-state index contributed by atoms with van der Waals surface area (Å²) in [7, 11) is 0. The molecule has 0 amide bonds. The molecule has 6 heteroatoms. The number of nitriles is 1. The predicted molar refractivity (Wildman–Crippen MR) is 104 cm³/mol. The molecule has 0 bridgehead atoms. The first-order valence-corrected chi connectivity index (χ1v) is 9.96. The van der Waals surface area contributed by atoms with Crippen molar-refractivity contribution in [3.8, 4) is 17.5 Å². The molecule has 5 rings (SSSR count). The molecule has 3 fully saturated rings. The van der Waals surface area contributed by atoms with Crippen molar-refractivity contribution in [1.82, 2.24) is 15.0 Å². The van der Waals surface area contributed by atoms with Crippen LogP contribution in [0.4, 0.5) is 11.9 Å². The van der Waals surface area contributed by atoms with Gasteiger partial charge in [-0.3, -0.25) is 0 Å². The normalized spacial score (nSPS) is 21.2. The molecule has 0 saturated heterocycles. The second kappa shape index (κ2) is 6.19. The van der Waals surface area contributed by atoms with Crippen molar-refractivity contribution in [2.75, 3.05) is 10.6 Å². The molecule has 6 nitrogen and oxygen atoms in total. The number of hydrogen-bond acceptors (Lipinski definition) is 6. The third-order valence-electron chi connectivity index (χ3n) is 6.08. The van der Waals surface area contributed by atoms with E-state index in [0.29, 0.717) is 35.2 Å². The molecular weight excluding hydrogens is 336 g/mol. The number of nitrogens with one attached hydrogen (secondary N) is 2. The van der Waals surface area contributed by atoms with Gasteiger partial charge in [-0.1, -0.05) is 12.1 Å². The van der Waals surface area contributed by atoms with Gasteiger partial charge in [0.2, 0.25) is 11.9 Å². The number of hydrogen-bond donors (Lipinski definition) is 2. The van der Waals surface area contributed by atoms with E-state index in [9.17, 15) is 5.26 Å². The van der Waals surface area contributed by atoms with Crippen LogP contribution in [0, 0.1) is 23.2 Å². The molecule has 0 radical (unpaired) electrons. The van der Waals surface area contributed by atoms with Crippen LogP contribution in [0.3, 0.4) is 0 Å². The van der Waals surface area contributed by atoms with Gasteiger partial charge < -0.3 is 10.6 Å². The van der Waals surface area contributed by atoms with E-state index < -0.39 is 0 Å². The van der Waals surface area contributed by atoms with Crippen molar-refractivity contribution in [2.24, 2.45) is 11.8 Å². The van der Waals surface area contributed by atoms with E-state index in [0.717, 1.165) is 11.5 Å². The molecule has 138 valence electrons. The summed E-state index contributed by atoms with van der Waals surface area (Å²) in [5.41, 5.74) is 1.66. The van der Waals surface area contributed by atoms with Crippen molar-refractivity contribution in [3.05, 3.63) is 29.8 Å². The summed E-state index contributed by atoms with van der Waals surface area (Å²) in [4.78, 5) is 14.0. The van der Waals surface area contributed by atoms with E-state index in [-0.39, 0.29) is 5.54 Å². The number of aromatic nitrogens is 3. The lowest BCUT2D eigenvalue weighted by Crippen LogP contribution is -2.26. The maximum absolute atomic E-state index is 9.21. The minimum atomic E-state index is 0.201. The molecule has 3 aliphatic carbocycles. The van der Waals surface area contributed by atoms with E-state index in [1.807, 2.05) is 18.2 Å². The maximum atomic E-state index is 9.21. The Bertz CT molecular complexity index is 905. The highest BCUT2D eigenvalue weighted by atomic mass is 15.3. The summed E-state index contributed by atoms with van der Waals surface area (Å²) in [6.07, 6.45) is 7.55. The lowest BCUT2D eigenvalue weighted by molar-refractivity contribution is 0.626. The van der Waals surface area contributed by atoms with E-state index in [2.05, 4.69) is 33.6 Å². The average Bonchev–Trinajstić information content (AvgIpc) is 3.54. The summed E-state index contributed by atoms with van der Waals surface area (Å²) in [5.74, 6) is 3.36. The first-order valence-electron chi connectivity index (χ1n) is 9.96. The van der Waals surface area contributed by atoms with Crippen molar-refractivity contribution >= 4 is 11.9 Å². The minimum absolute atomic E-state index is 0.201.